The molecule has 7 heterocycles. The number of nitrogens with one attached hydrogen (secondary N) is 4. The highest BCUT2D eigenvalue weighted by Gasteiger charge is 2.27. The van der Waals surface area contributed by atoms with Crippen LogP contribution >= 0.6 is 0 Å². The lowest BCUT2D eigenvalue weighted by molar-refractivity contribution is 0.0600. The van der Waals surface area contributed by atoms with E-state index in [2.05, 4.69) is 27.8 Å². The van der Waals surface area contributed by atoms with E-state index in [-0.39, 0.29) is 100 Å². The van der Waals surface area contributed by atoms with Gasteiger partial charge in [0.2, 0.25) is 0 Å². The molecule has 334 valence electrons. The third kappa shape index (κ3) is 10.4. The third-order valence-electron chi connectivity index (χ3n) is 10.1. The Bertz CT molecular complexity index is 2690. The van der Waals surface area contributed by atoms with Crippen LogP contribution in [0.15, 0.2) is 86.4 Å². The molecule has 0 spiro atoms. The molecule has 2 atom stereocenters. The van der Waals surface area contributed by atoms with Crippen molar-refractivity contribution in [1.82, 2.24) is 50.0 Å². The topological polar surface area (TPSA) is 309 Å². The Morgan fingerprint density at radius 2 is 1.08 bits per heavy atom. The maximum absolute atomic E-state index is 13.8. The molecule has 3 aliphatic heterocycles. The molecule has 63 heavy (non-hydrogen) atoms. The first-order chi connectivity index (χ1) is 29.9. The maximum atomic E-state index is 13.8. The van der Waals surface area contributed by atoms with E-state index in [1.807, 2.05) is 0 Å². The van der Waals surface area contributed by atoms with Gasteiger partial charge in [0.05, 0.1) is 11.9 Å². The molecule has 0 radical (unpaired) electrons. The van der Waals surface area contributed by atoms with Crippen LogP contribution in [0, 0.1) is 0 Å². The summed E-state index contributed by atoms with van der Waals surface area (Å²) in [5.41, 5.74) is -6.57. The van der Waals surface area contributed by atoms with Gasteiger partial charge in [-0.05, 0) is 75.9 Å². The van der Waals surface area contributed by atoms with Crippen molar-refractivity contribution in [2.24, 2.45) is 0 Å². The van der Waals surface area contributed by atoms with Crippen LogP contribution in [0.4, 0.5) is 0 Å². The smallest absolute Gasteiger partial charge is 0.296 e. The molecule has 0 saturated heterocycles. The third-order valence-corrected chi connectivity index (χ3v) is 10.1. The number of carbonyl (C=O) groups excluding carboxylic acids is 5. The predicted molar refractivity (Wildman–Crippen MR) is 220 cm³/mol. The lowest BCUT2D eigenvalue weighted by atomic mass is 10.1. The first-order valence-electron chi connectivity index (χ1n) is 19.6. The molecule has 23 heteroatoms. The molecule has 8 N–H and O–H groups in total. The van der Waals surface area contributed by atoms with E-state index in [1.54, 1.807) is 6.92 Å². The summed E-state index contributed by atoms with van der Waals surface area (Å²) in [7, 11) is 0. The minimum Gasteiger partial charge on any atom is -0.425 e. The molecular weight excluding hydrogens is 828 g/mol. The fraction of sp³-hybridized carbons (Fsp3) is 0.325. The van der Waals surface area contributed by atoms with Gasteiger partial charge >= 0.3 is 0 Å². The van der Waals surface area contributed by atoms with Crippen LogP contribution in [0.1, 0.15) is 97.4 Å². The first kappa shape index (κ1) is 46.0. The molecular formula is C40H46N10O13. The second-order valence-corrected chi connectivity index (χ2v) is 14.4. The van der Waals surface area contributed by atoms with Crippen LogP contribution in [-0.2, 0) is 0 Å². The number of fused-ring (bicyclic) bond motifs is 2. The van der Waals surface area contributed by atoms with E-state index >= 15 is 0 Å². The van der Waals surface area contributed by atoms with Crippen molar-refractivity contribution in [3.05, 3.63) is 143 Å². The zero-order chi connectivity index (χ0) is 46.1. The Labute approximate surface area is 356 Å². The van der Waals surface area contributed by atoms with Crippen LogP contribution in [-0.4, -0.2) is 124 Å². The lowest BCUT2D eigenvalue weighted by Gasteiger charge is -2.31. The van der Waals surface area contributed by atoms with Gasteiger partial charge in [-0.2, -0.15) is 0 Å². The van der Waals surface area contributed by atoms with E-state index in [9.17, 15) is 64.0 Å². The van der Waals surface area contributed by atoms with Crippen LogP contribution in [0.2, 0.25) is 0 Å². The van der Waals surface area contributed by atoms with Crippen molar-refractivity contribution in [3.8, 4) is 0 Å². The lowest BCUT2D eigenvalue weighted by Crippen LogP contribution is -2.48. The van der Waals surface area contributed by atoms with Gasteiger partial charge in [0.1, 0.15) is 33.9 Å². The van der Waals surface area contributed by atoms with E-state index in [0.29, 0.717) is 0 Å². The monoisotopic (exact) mass is 874 g/mol. The van der Waals surface area contributed by atoms with E-state index in [1.165, 1.54) is 47.1 Å². The summed E-state index contributed by atoms with van der Waals surface area (Å²) in [6.45, 7) is 6.89. The fourth-order valence-corrected chi connectivity index (χ4v) is 6.69. The second kappa shape index (κ2) is 20.0. The van der Waals surface area contributed by atoms with Gasteiger partial charge in [-0.3, -0.25) is 43.2 Å². The quantitative estimate of drug-likeness (QED) is 0.116. The van der Waals surface area contributed by atoms with Crippen molar-refractivity contribution < 1.29 is 44.8 Å². The minimum atomic E-state index is -1.28. The predicted octanol–water partition coefficient (Wildman–Crippen LogP) is -0.674. The second-order valence-electron chi connectivity index (χ2n) is 14.4. The van der Waals surface area contributed by atoms with E-state index < -0.39 is 80.8 Å². The van der Waals surface area contributed by atoms with Crippen molar-refractivity contribution in [2.45, 2.75) is 51.7 Å². The van der Waals surface area contributed by atoms with Gasteiger partial charge in [0.15, 0.2) is 0 Å². The van der Waals surface area contributed by atoms with Crippen molar-refractivity contribution in [2.75, 3.05) is 32.7 Å². The molecule has 5 amide bonds. The number of carbonyl (C=O) groups is 5. The van der Waals surface area contributed by atoms with Gasteiger partial charge in [0.25, 0.3) is 51.8 Å². The van der Waals surface area contributed by atoms with Gasteiger partial charge in [0, 0.05) is 50.9 Å². The SMILES string of the molecule is C=C1NCCCN(C(=O)c2cccc(=O)n2O)CCCC(C)N(C(=O)c2cccc(=O)n2O)CCCNC(=O)c2ccc(c(=O)n2O)C(=O)NC(C)NC(=O)c2ccc1n(O)c2=O. The average molecular weight is 875 g/mol. The summed E-state index contributed by atoms with van der Waals surface area (Å²) in [4.78, 5) is 120. The number of aromatic nitrogens is 4. The van der Waals surface area contributed by atoms with Gasteiger partial charge in [-0.1, -0.05) is 18.7 Å². The molecule has 4 aromatic rings. The molecule has 2 unspecified atom stereocenters. The van der Waals surface area contributed by atoms with Gasteiger partial charge < -0.3 is 51.9 Å². The summed E-state index contributed by atoms with van der Waals surface area (Å²) in [5.74, 6) is -4.45. The Hall–Kier alpha value is -8.11. The van der Waals surface area contributed by atoms with Crippen molar-refractivity contribution in [1.29, 1.82) is 0 Å². The zero-order valence-electron chi connectivity index (χ0n) is 34.1. The van der Waals surface area contributed by atoms with Crippen molar-refractivity contribution >= 4 is 35.2 Å². The summed E-state index contributed by atoms with van der Waals surface area (Å²) in [5, 5.41) is 52.2. The highest BCUT2D eigenvalue weighted by atomic mass is 16.5. The number of hydrogen-bond donors (Lipinski definition) is 8. The molecule has 0 aliphatic carbocycles. The van der Waals surface area contributed by atoms with E-state index in [4.69, 9.17) is 0 Å². The number of nitrogens with zero attached hydrogens (tertiary/aromatic N) is 6. The molecule has 0 aromatic carbocycles. The normalized spacial score (nSPS) is 17.7. The van der Waals surface area contributed by atoms with Crippen LogP contribution < -0.4 is 43.5 Å². The summed E-state index contributed by atoms with van der Waals surface area (Å²) in [6, 6.07) is 10.9. The molecule has 3 aliphatic rings. The first-order valence-corrected chi connectivity index (χ1v) is 19.6. The molecule has 0 saturated carbocycles. The Kier molecular flexibility index (Phi) is 14.6. The van der Waals surface area contributed by atoms with E-state index in [0.717, 1.165) is 30.3 Å². The molecule has 7 rings (SSSR count). The Morgan fingerprint density at radius 1 is 0.587 bits per heavy atom. The van der Waals surface area contributed by atoms with Crippen LogP contribution in [0.5, 0.6) is 0 Å². The number of pyridine rings is 4. The largest absolute Gasteiger partial charge is 0.425 e. The summed E-state index contributed by atoms with van der Waals surface area (Å²) < 4.78 is 0.557. The van der Waals surface area contributed by atoms with Crippen LogP contribution in [0.3, 0.4) is 0 Å². The zero-order valence-corrected chi connectivity index (χ0v) is 34.1. The summed E-state index contributed by atoms with van der Waals surface area (Å²) in [6.07, 6.45) is -0.416. The highest BCUT2D eigenvalue weighted by molar-refractivity contribution is 5.98. The molecule has 23 nitrogen and oxygen atoms in total. The number of rotatable bonds is 2. The minimum absolute atomic E-state index is 0.0438. The average Bonchev–Trinajstić information content (AvgIpc) is 3.24. The highest BCUT2D eigenvalue weighted by Crippen LogP contribution is 2.15. The molecule has 0 fully saturated rings. The maximum Gasteiger partial charge on any atom is 0.296 e. The fourth-order valence-electron chi connectivity index (χ4n) is 6.69. The molecule has 4 aromatic heterocycles. The number of amides is 5. The Balaban J connectivity index is 1.45. The van der Waals surface area contributed by atoms with Gasteiger partial charge in [-0.15, -0.1) is 18.9 Å². The van der Waals surface area contributed by atoms with Gasteiger partial charge in [-0.25, -0.2) is 0 Å². The summed E-state index contributed by atoms with van der Waals surface area (Å²) >= 11 is 0. The van der Waals surface area contributed by atoms with Crippen molar-refractivity contribution in [3.63, 3.8) is 0 Å². The van der Waals surface area contributed by atoms with Crippen LogP contribution in [0.25, 0.3) is 5.70 Å². The Morgan fingerprint density at radius 3 is 1.67 bits per heavy atom. The molecule has 4 bridgehead atoms. The number of hydrogen-bond acceptors (Lipinski definition) is 14. The standard InChI is InChI=1S/C40H46N10O13/c1-23-9-6-20-45(39(58)30-10-4-12-32(51)47(30)60)21-7-18-41-24(2)28-16-14-26(37(56)49(28)62)34(53)43-25(3)44-35(54)27-15-17-29(50(63)38(27)57)36(55)42-19-8-22-46(23)40(59)31-11-5-13-33(52)48(31)61/h4-5,10-17,23,25,41,60-63H,2,6-9,18-22H2,1,3H3,(H,42,55)(H,43,53)(H,44,54).